The highest BCUT2D eigenvalue weighted by Crippen LogP contribution is 2.38. The number of benzene rings is 2. The van der Waals surface area contributed by atoms with E-state index in [-0.39, 0.29) is 5.91 Å². The van der Waals surface area contributed by atoms with Crippen molar-refractivity contribution in [3.05, 3.63) is 54.1 Å². The third kappa shape index (κ3) is 2.16. The van der Waals surface area contributed by atoms with Crippen molar-refractivity contribution in [1.29, 1.82) is 0 Å². The van der Waals surface area contributed by atoms with Crippen LogP contribution in [0.25, 0.3) is 0 Å². The van der Waals surface area contributed by atoms with E-state index < -0.39 is 0 Å². The molecule has 3 rings (SSSR count). The lowest BCUT2D eigenvalue weighted by molar-refractivity contribution is 0.0994. The molecule has 0 saturated heterocycles. The minimum absolute atomic E-state index is 0.0300. The molecular formula is C17H20N2O. The van der Waals surface area contributed by atoms with Gasteiger partial charge in [-0.3, -0.25) is 4.79 Å². The highest BCUT2D eigenvalue weighted by Gasteiger charge is 2.26. The van der Waals surface area contributed by atoms with Crippen molar-refractivity contribution in [2.24, 2.45) is 0 Å². The molecule has 0 radical (unpaired) electrons. The first-order valence-electron chi connectivity index (χ1n) is 6.90. The Morgan fingerprint density at radius 1 is 0.700 bits per heavy atom. The predicted octanol–water partition coefficient (Wildman–Crippen LogP) is 4.07. The Labute approximate surface area is 120 Å². The molecule has 1 heterocycles. The number of para-hydroxylation sites is 3. The fraction of sp³-hybridized carbons (Fsp3) is 0.235. The molecule has 0 aliphatic carbocycles. The molecule has 1 aliphatic heterocycles. The molecule has 0 N–H and O–H groups in total. The van der Waals surface area contributed by atoms with Gasteiger partial charge in [-0.1, -0.05) is 38.1 Å². The SMILES string of the molecule is CC.CN1C(=O)c2ccccc2N(C)c2ccccc21. The number of amides is 1. The van der Waals surface area contributed by atoms with E-state index in [1.807, 2.05) is 76.5 Å². The van der Waals surface area contributed by atoms with Gasteiger partial charge in [0.1, 0.15) is 0 Å². The van der Waals surface area contributed by atoms with Crippen LogP contribution in [0.15, 0.2) is 48.5 Å². The van der Waals surface area contributed by atoms with E-state index in [4.69, 9.17) is 0 Å². The summed E-state index contributed by atoms with van der Waals surface area (Å²) in [5.41, 5.74) is 3.65. The van der Waals surface area contributed by atoms with E-state index in [1.54, 1.807) is 4.90 Å². The van der Waals surface area contributed by atoms with Gasteiger partial charge >= 0.3 is 0 Å². The van der Waals surface area contributed by atoms with Crippen molar-refractivity contribution in [3.8, 4) is 0 Å². The molecule has 0 unspecified atom stereocenters. The summed E-state index contributed by atoms with van der Waals surface area (Å²) in [7, 11) is 3.81. The van der Waals surface area contributed by atoms with Crippen molar-refractivity contribution in [3.63, 3.8) is 0 Å². The van der Waals surface area contributed by atoms with Crippen molar-refractivity contribution in [1.82, 2.24) is 0 Å². The third-order valence-corrected chi connectivity index (χ3v) is 3.40. The van der Waals surface area contributed by atoms with Crippen LogP contribution in [0.1, 0.15) is 24.2 Å². The molecule has 104 valence electrons. The number of carbonyl (C=O) groups excluding carboxylic acids is 1. The summed E-state index contributed by atoms with van der Waals surface area (Å²) < 4.78 is 0. The molecular weight excluding hydrogens is 248 g/mol. The zero-order chi connectivity index (χ0) is 14.7. The molecule has 0 spiro atoms. The van der Waals surface area contributed by atoms with E-state index in [0.29, 0.717) is 0 Å². The number of hydrogen-bond donors (Lipinski definition) is 0. The maximum absolute atomic E-state index is 12.4. The molecule has 0 aromatic heterocycles. The fourth-order valence-corrected chi connectivity index (χ4v) is 2.40. The summed E-state index contributed by atoms with van der Waals surface area (Å²) in [5, 5.41) is 0. The number of rotatable bonds is 0. The van der Waals surface area contributed by atoms with Gasteiger partial charge in [-0.05, 0) is 24.3 Å². The van der Waals surface area contributed by atoms with Crippen LogP contribution in [0.5, 0.6) is 0 Å². The Bertz CT molecular complexity index is 622. The van der Waals surface area contributed by atoms with E-state index in [9.17, 15) is 4.79 Å². The molecule has 0 atom stereocenters. The van der Waals surface area contributed by atoms with Gasteiger partial charge in [0.2, 0.25) is 0 Å². The zero-order valence-electron chi connectivity index (χ0n) is 12.4. The Balaban J connectivity index is 0.000000704. The first-order chi connectivity index (χ1) is 9.70. The van der Waals surface area contributed by atoms with Gasteiger partial charge in [-0.15, -0.1) is 0 Å². The van der Waals surface area contributed by atoms with Gasteiger partial charge < -0.3 is 9.80 Å². The largest absolute Gasteiger partial charge is 0.342 e. The van der Waals surface area contributed by atoms with Gasteiger partial charge in [-0.25, -0.2) is 0 Å². The van der Waals surface area contributed by atoms with Crippen molar-refractivity contribution >= 4 is 23.0 Å². The molecule has 3 heteroatoms. The average molecular weight is 268 g/mol. The fourth-order valence-electron chi connectivity index (χ4n) is 2.40. The highest BCUT2D eigenvalue weighted by atomic mass is 16.2. The normalized spacial score (nSPS) is 12.9. The lowest BCUT2D eigenvalue weighted by Gasteiger charge is -2.21. The van der Waals surface area contributed by atoms with Crippen molar-refractivity contribution < 1.29 is 4.79 Å². The number of fused-ring (bicyclic) bond motifs is 2. The zero-order valence-corrected chi connectivity index (χ0v) is 12.4. The number of carbonyl (C=O) groups is 1. The van der Waals surface area contributed by atoms with Gasteiger partial charge in [-0.2, -0.15) is 0 Å². The topological polar surface area (TPSA) is 23.6 Å². The summed E-state index contributed by atoms with van der Waals surface area (Å²) in [6.07, 6.45) is 0. The highest BCUT2D eigenvalue weighted by molar-refractivity contribution is 6.13. The van der Waals surface area contributed by atoms with Crippen molar-refractivity contribution in [2.45, 2.75) is 13.8 Å². The van der Waals surface area contributed by atoms with Crippen molar-refractivity contribution in [2.75, 3.05) is 23.9 Å². The van der Waals surface area contributed by atoms with Crippen LogP contribution in [0.2, 0.25) is 0 Å². The minimum Gasteiger partial charge on any atom is -0.342 e. The molecule has 2 aromatic carbocycles. The van der Waals surface area contributed by atoms with Crippen LogP contribution in [0.4, 0.5) is 17.1 Å². The first kappa shape index (κ1) is 14.1. The van der Waals surface area contributed by atoms with Crippen LogP contribution >= 0.6 is 0 Å². The quantitative estimate of drug-likeness (QED) is 0.719. The molecule has 0 fully saturated rings. The average Bonchev–Trinajstić information content (AvgIpc) is 2.61. The number of hydrogen-bond acceptors (Lipinski definition) is 2. The molecule has 0 bridgehead atoms. The lowest BCUT2D eigenvalue weighted by Crippen LogP contribution is -2.25. The van der Waals surface area contributed by atoms with Crippen LogP contribution in [0.3, 0.4) is 0 Å². The Kier molecular flexibility index (Phi) is 4.08. The van der Waals surface area contributed by atoms with Gasteiger partial charge in [0, 0.05) is 14.1 Å². The summed E-state index contributed by atoms with van der Waals surface area (Å²) in [4.78, 5) is 16.2. The monoisotopic (exact) mass is 268 g/mol. The summed E-state index contributed by atoms with van der Waals surface area (Å²) in [6.45, 7) is 4.00. The van der Waals surface area contributed by atoms with Crippen LogP contribution < -0.4 is 9.80 Å². The number of anilines is 3. The van der Waals surface area contributed by atoms with E-state index in [0.717, 1.165) is 22.6 Å². The maximum atomic E-state index is 12.4. The number of nitrogens with zero attached hydrogens (tertiary/aromatic N) is 2. The summed E-state index contributed by atoms with van der Waals surface area (Å²) in [6, 6.07) is 15.6. The smallest absolute Gasteiger partial charge is 0.260 e. The molecule has 0 saturated carbocycles. The summed E-state index contributed by atoms with van der Waals surface area (Å²) >= 11 is 0. The molecule has 1 amide bonds. The van der Waals surface area contributed by atoms with Gasteiger partial charge in [0.05, 0.1) is 22.6 Å². The molecule has 1 aliphatic rings. The molecule has 3 nitrogen and oxygen atoms in total. The Morgan fingerprint density at radius 2 is 1.15 bits per heavy atom. The van der Waals surface area contributed by atoms with Crippen LogP contribution in [0, 0.1) is 0 Å². The summed E-state index contributed by atoms with van der Waals surface area (Å²) in [5.74, 6) is 0.0300. The lowest BCUT2D eigenvalue weighted by atomic mass is 10.1. The predicted molar refractivity (Wildman–Crippen MR) is 85.0 cm³/mol. The van der Waals surface area contributed by atoms with Crippen LogP contribution in [-0.4, -0.2) is 20.0 Å². The maximum Gasteiger partial charge on any atom is 0.260 e. The Morgan fingerprint density at radius 3 is 1.75 bits per heavy atom. The second-order valence-electron chi connectivity index (χ2n) is 4.43. The van der Waals surface area contributed by atoms with Gasteiger partial charge in [0.25, 0.3) is 5.91 Å². The van der Waals surface area contributed by atoms with E-state index in [1.165, 1.54) is 0 Å². The Hall–Kier alpha value is -2.29. The van der Waals surface area contributed by atoms with Crippen LogP contribution in [-0.2, 0) is 0 Å². The first-order valence-corrected chi connectivity index (χ1v) is 6.90. The second-order valence-corrected chi connectivity index (χ2v) is 4.43. The third-order valence-electron chi connectivity index (χ3n) is 3.40. The van der Waals surface area contributed by atoms with E-state index in [2.05, 4.69) is 4.90 Å². The second kappa shape index (κ2) is 5.78. The van der Waals surface area contributed by atoms with Gasteiger partial charge in [0.15, 0.2) is 0 Å². The minimum atomic E-state index is 0.0300. The standard InChI is InChI=1S/C15H14N2O.C2H6/c1-16-12-8-4-3-7-11(12)15(18)17(2)14-10-6-5-9-13(14)16;1-2/h3-10H,1-2H3;1-2H3. The molecule has 20 heavy (non-hydrogen) atoms. The van der Waals surface area contributed by atoms with E-state index >= 15 is 0 Å². The molecule has 2 aromatic rings.